The van der Waals surface area contributed by atoms with Crippen molar-refractivity contribution in [2.75, 3.05) is 7.11 Å². The van der Waals surface area contributed by atoms with E-state index in [4.69, 9.17) is 4.74 Å². The lowest BCUT2D eigenvalue weighted by Crippen LogP contribution is -2.22. The second-order valence-electron chi connectivity index (χ2n) is 4.82. The molecule has 0 bridgehead atoms. The summed E-state index contributed by atoms with van der Waals surface area (Å²) in [4.78, 5) is 22.5. The molecule has 2 rings (SSSR count). The van der Waals surface area contributed by atoms with Crippen molar-refractivity contribution in [1.29, 1.82) is 0 Å². The van der Waals surface area contributed by atoms with E-state index >= 15 is 0 Å². The summed E-state index contributed by atoms with van der Waals surface area (Å²) in [6.45, 7) is 2.33. The number of methoxy groups -OCH3 is 1. The highest BCUT2D eigenvalue weighted by atomic mass is 16.6. The van der Waals surface area contributed by atoms with E-state index in [0.29, 0.717) is 6.54 Å². The quantitative estimate of drug-likeness (QED) is 0.680. The number of ether oxygens (including phenoxy) is 1. The van der Waals surface area contributed by atoms with Gasteiger partial charge in [0.05, 0.1) is 12.0 Å². The Morgan fingerprint density at radius 2 is 2.05 bits per heavy atom. The lowest BCUT2D eigenvalue weighted by Gasteiger charge is -2.07. The van der Waals surface area contributed by atoms with Crippen molar-refractivity contribution in [2.24, 2.45) is 0 Å². The standard InChI is InChI=1S/C16H16N2O4/c1-11-4-3-5-12(8-11)10-17-16(19)13-6-7-15(22-2)14(9-13)18(20)21/h3-9H,10H2,1-2H3,(H,17,19). The molecular formula is C16H16N2O4. The van der Waals surface area contributed by atoms with Gasteiger partial charge in [0.15, 0.2) is 5.75 Å². The van der Waals surface area contributed by atoms with Gasteiger partial charge < -0.3 is 10.1 Å². The molecule has 2 aromatic carbocycles. The van der Waals surface area contributed by atoms with Crippen molar-refractivity contribution in [3.8, 4) is 5.75 Å². The number of benzene rings is 2. The summed E-state index contributed by atoms with van der Waals surface area (Å²) in [5, 5.41) is 13.7. The second kappa shape index (κ2) is 6.71. The summed E-state index contributed by atoms with van der Waals surface area (Å²) in [6.07, 6.45) is 0. The minimum atomic E-state index is -0.573. The fraction of sp³-hybridized carbons (Fsp3) is 0.188. The smallest absolute Gasteiger partial charge is 0.311 e. The number of nitro benzene ring substituents is 1. The molecule has 0 spiro atoms. The van der Waals surface area contributed by atoms with E-state index in [0.717, 1.165) is 11.1 Å². The molecule has 0 saturated carbocycles. The molecule has 0 aliphatic heterocycles. The largest absolute Gasteiger partial charge is 0.490 e. The van der Waals surface area contributed by atoms with Gasteiger partial charge in [0.25, 0.3) is 5.91 Å². The summed E-state index contributed by atoms with van der Waals surface area (Å²) >= 11 is 0. The SMILES string of the molecule is COc1ccc(C(=O)NCc2cccc(C)c2)cc1[N+](=O)[O-]. The van der Waals surface area contributed by atoms with Crippen LogP contribution in [0.3, 0.4) is 0 Å². The molecule has 0 atom stereocenters. The number of carbonyl (C=O) groups excluding carboxylic acids is 1. The van der Waals surface area contributed by atoms with Crippen LogP contribution in [0.4, 0.5) is 5.69 Å². The van der Waals surface area contributed by atoms with E-state index in [1.807, 2.05) is 31.2 Å². The molecule has 0 aliphatic carbocycles. The lowest BCUT2D eigenvalue weighted by atomic mass is 10.1. The minimum absolute atomic E-state index is 0.125. The van der Waals surface area contributed by atoms with Crippen molar-refractivity contribution in [3.05, 3.63) is 69.3 Å². The van der Waals surface area contributed by atoms with Gasteiger partial charge >= 0.3 is 5.69 Å². The van der Waals surface area contributed by atoms with E-state index in [-0.39, 0.29) is 22.9 Å². The molecule has 6 heteroatoms. The molecule has 0 heterocycles. The van der Waals surface area contributed by atoms with E-state index in [2.05, 4.69) is 5.32 Å². The van der Waals surface area contributed by atoms with Crippen LogP contribution in [0, 0.1) is 17.0 Å². The van der Waals surface area contributed by atoms with Gasteiger partial charge in [-0.2, -0.15) is 0 Å². The normalized spacial score (nSPS) is 10.1. The molecule has 0 unspecified atom stereocenters. The number of nitrogens with zero attached hydrogens (tertiary/aromatic N) is 1. The van der Waals surface area contributed by atoms with Crippen LogP contribution in [-0.4, -0.2) is 17.9 Å². The lowest BCUT2D eigenvalue weighted by molar-refractivity contribution is -0.385. The van der Waals surface area contributed by atoms with E-state index in [9.17, 15) is 14.9 Å². The van der Waals surface area contributed by atoms with Crippen LogP contribution in [0.15, 0.2) is 42.5 Å². The van der Waals surface area contributed by atoms with Crippen molar-refractivity contribution in [2.45, 2.75) is 13.5 Å². The Kier molecular flexibility index (Phi) is 4.73. The molecule has 1 N–H and O–H groups in total. The number of amides is 1. The van der Waals surface area contributed by atoms with Gasteiger partial charge in [-0.1, -0.05) is 29.8 Å². The van der Waals surface area contributed by atoms with Gasteiger partial charge in [0, 0.05) is 18.2 Å². The van der Waals surface area contributed by atoms with Gasteiger partial charge in [-0.3, -0.25) is 14.9 Å². The molecular weight excluding hydrogens is 284 g/mol. The minimum Gasteiger partial charge on any atom is -0.490 e. The van der Waals surface area contributed by atoms with Crippen LogP contribution >= 0.6 is 0 Å². The molecule has 114 valence electrons. The summed E-state index contributed by atoms with van der Waals surface area (Å²) in [5.74, 6) is -0.243. The van der Waals surface area contributed by atoms with Gasteiger partial charge in [-0.25, -0.2) is 0 Å². The number of carbonyl (C=O) groups is 1. The number of hydrogen-bond donors (Lipinski definition) is 1. The van der Waals surface area contributed by atoms with Crippen LogP contribution in [0.25, 0.3) is 0 Å². The Morgan fingerprint density at radius 1 is 1.27 bits per heavy atom. The summed E-state index contributed by atoms with van der Waals surface area (Å²) in [7, 11) is 1.35. The summed E-state index contributed by atoms with van der Waals surface area (Å²) in [6, 6.07) is 11.9. The topological polar surface area (TPSA) is 81.5 Å². The van der Waals surface area contributed by atoms with Crippen LogP contribution in [0.5, 0.6) is 5.75 Å². The zero-order valence-corrected chi connectivity index (χ0v) is 12.3. The monoisotopic (exact) mass is 300 g/mol. The maximum Gasteiger partial charge on any atom is 0.311 e. The van der Waals surface area contributed by atoms with Gasteiger partial charge in [-0.15, -0.1) is 0 Å². The average molecular weight is 300 g/mol. The Balaban J connectivity index is 2.12. The first kappa shape index (κ1) is 15.5. The van der Waals surface area contributed by atoms with Gasteiger partial charge in [-0.05, 0) is 24.6 Å². The molecule has 0 fully saturated rings. The van der Waals surface area contributed by atoms with E-state index < -0.39 is 4.92 Å². The third-order valence-electron chi connectivity index (χ3n) is 3.17. The van der Waals surface area contributed by atoms with Crippen LogP contribution in [0.2, 0.25) is 0 Å². The van der Waals surface area contributed by atoms with Crippen molar-refractivity contribution in [3.63, 3.8) is 0 Å². The Hall–Kier alpha value is -2.89. The average Bonchev–Trinajstić information content (AvgIpc) is 2.52. The Bertz CT molecular complexity index is 713. The first-order valence-electron chi connectivity index (χ1n) is 6.67. The first-order chi connectivity index (χ1) is 10.5. The number of hydrogen-bond acceptors (Lipinski definition) is 4. The molecule has 0 aromatic heterocycles. The number of nitrogens with one attached hydrogen (secondary N) is 1. The number of rotatable bonds is 5. The zero-order valence-electron chi connectivity index (χ0n) is 12.3. The highest BCUT2D eigenvalue weighted by molar-refractivity contribution is 5.95. The summed E-state index contributed by atoms with van der Waals surface area (Å²) < 4.78 is 4.91. The van der Waals surface area contributed by atoms with E-state index in [1.165, 1.54) is 25.3 Å². The highest BCUT2D eigenvalue weighted by Crippen LogP contribution is 2.27. The van der Waals surface area contributed by atoms with Crippen molar-refractivity contribution >= 4 is 11.6 Å². The van der Waals surface area contributed by atoms with Crippen LogP contribution in [0.1, 0.15) is 21.5 Å². The third kappa shape index (κ3) is 3.60. The Morgan fingerprint density at radius 3 is 2.68 bits per heavy atom. The van der Waals surface area contributed by atoms with E-state index in [1.54, 1.807) is 0 Å². The molecule has 1 amide bonds. The predicted molar refractivity (Wildman–Crippen MR) is 82.0 cm³/mol. The third-order valence-corrected chi connectivity index (χ3v) is 3.17. The molecule has 22 heavy (non-hydrogen) atoms. The van der Waals surface area contributed by atoms with Gasteiger partial charge in [0.2, 0.25) is 0 Å². The molecule has 6 nitrogen and oxygen atoms in total. The second-order valence-corrected chi connectivity index (χ2v) is 4.82. The number of aryl methyl sites for hydroxylation is 1. The summed E-state index contributed by atoms with van der Waals surface area (Å²) in [5.41, 5.74) is 2.06. The molecule has 0 saturated heterocycles. The highest BCUT2D eigenvalue weighted by Gasteiger charge is 2.17. The maximum atomic E-state index is 12.1. The Labute approximate surface area is 127 Å². The van der Waals surface area contributed by atoms with Gasteiger partial charge in [0.1, 0.15) is 0 Å². The predicted octanol–water partition coefficient (Wildman–Crippen LogP) is 2.84. The first-order valence-corrected chi connectivity index (χ1v) is 6.67. The molecule has 0 aliphatic rings. The van der Waals surface area contributed by atoms with Crippen molar-refractivity contribution in [1.82, 2.24) is 5.32 Å². The maximum absolute atomic E-state index is 12.1. The fourth-order valence-electron chi connectivity index (χ4n) is 2.08. The van der Waals surface area contributed by atoms with Crippen LogP contribution < -0.4 is 10.1 Å². The fourth-order valence-corrected chi connectivity index (χ4v) is 2.08. The zero-order chi connectivity index (χ0) is 16.1. The molecule has 2 aromatic rings. The van der Waals surface area contributed by atoms with Crippen molar-refractivity contribution < 1.29 is 14.5 Å². The van der Waals surface area contributed by atoms with Crippen LogP contribution in [-0.2, 0) is 6.54 Å². The number of nitro groups is 1. The molecule has 0 radical (unpaired) electrons.